The van der Waals surface area contributed by atoms with E-state index < -0.39 is 35.2 Å². The number of carbonyl (C=O) groups is 4. The van der Waals surface area contributed by atoms with Crippen LogP contribution in [0.3, 0.4) is 0 Å². The van der Waals surface area contributed by atoms with Gasteiger partial charge < -0.3 is 14.4 Å². The minimum atomic E-state index is -0.738. The van der Waals surface area contributed by atoms with E-state index >= 15 is 0 Å². The lowest BCUT2D eigenvalue weighted by atomic mass is 9.93. The fraction of sp³-hybridized carbons (Fsp3) is 0.417. The molecule has 4 aromatic rings. The van der Waals surface area contributed by atoms with Crippen molar-refractivity contribution in [3.8, 4) is 10.4 Å². The largest absolute Gasteiger partial charge is 0.460 e. The average molecular weight is 659 g/mol. The predicted molar refractivity (Wildman–Crippen MR) is 181 cm³/mol. The lowest BCUT2D eigenvalue weighted by molar-refractivity contribution is -0.157. The minimum absolute atomic E-state index is 0.0704. The first-order valence-electron chi connectivity index (χ1n) is 15.8. The summed E-state index contributed by atoms with van der Waals surface area (Å²) in [5.41, 5.74) is 1.70. The monoisotopic (exact) mass is 658 g/mol. The number of ether oxygens (including phenoxy) is 2. The lowest BCUT2D eigenvalue weighted by Crippen LogP contribution is -2.44. The van der Waals surface area contributed by atoms with E-state index in [9.17, 15) is 19.2 Å². The summed E-state index contributed by atoms with van der Waals surface area (Å²) in [4.78, 5) is 60.5. The van der Waals surface area contributed by atoms with Gasteiger partial charge in [0.25, 0.3) is 0 Å². The molecule has 248 valence electrons. The molecule has 0 radical (unpaired) electrons. The summed E-state index contributed by atoms with van der Waals surface area (Å²) in [7, 11) is 0. The van der Waals surface area contributed by atoms with Crippen LogP contribution in [0.2, 0.25) is 0 Å². The molecule has 10 nitrogen and oxygen atoms in total. The Labute approximate surface area is 279 Å². The maximum Gasteiger partial charge on any atom is 0.412 e. The van der Waals surface area contributed by atoms with Crippen molar-refractivity contribution in [3.05, 3.63) is 78.2 Å². The van der Waals surface area contributed by atoms with Gasteiger partial charge >= 0.3 is 12.1 Å². The van der Waals surface area contributed by atoms with E-state index in [1.165, 1.54) is 11.3 Å². The second kappa shape index (κ2) is 13.7. The molecule has 11 heteroatoms. The fourth-order valence-electron chi connectivity index (χ4n) is 5.65. The Hall–Kier alpha value is -4.51. The molecule has 47 heavy (non-hydrogen) atoms. The van der Waals surface area contributed by atoms with Crippen LogP contribution in [0.4, 0.5) is 10.5 Å². The van der Waals surface area contributed by atoms with Crippen molar-refractivity contribution in [2.24, 2.45) is 0 Å². The van der Waals surface area contributed by atoms with Gasteiger partial charge in [-0.1, -0.05) is 53.8 Å². The predicted octanol–water partition coefficient (Wildman–Crippen LogP) is 7.03. The van der Waals surface area contributed by atoms with E-state index in [0.717, 1.165) is 21.0 Å². The van der Waals surface area contributed by atoms with E-state index in [0.29, 0.717) is 30.8 Å². The van der Waals surface area contributed by atoms with E-state index in [-0.39, 0.29) is 24.5 Å². The number of rotatable bonds is 9. The van der Waals surface area contributed by atoms with Crippen LogP contribution in [0.5, 0.6) is 0 Å². The summed E-state index contributed by atoms with van der Waals surface area (Å²) in [5.74, 6) is -1.50. The summed E-state index contributed by atoms with van der Waals surface area (Å²) in [5, 5.41) is 2.74. The number of anilines is 1. The van der Waals surface area contributed by atoms with Crippen molar-refractivity contribution in [2.75, 3.05) is 11.9 Å². The molecule has 2 atom stereocenters. The standard InChI is InChI=1S/C36H42N4O6S/c1-35(2,3)45-31(42)20-27(23-11-8-7-9-12-23)32(43)40-18-10-13-28(40)29(41)19-26-21-39-22-30(47-33(39)37-26)24-14-16-25(17-15-24)38-34(44)46-36(4,5)6/h7-9,11-12,14-17,21-22,27-28H,10,13,18-20H2,1-6H3,(H,38,44)/t27-,28?/m0/s1. The highest BCUT2D eigenvalue weighted by Crippen LogP contribution is 2.32. The number of ketones is 1. The number of aromatic nitrogens is 2. The lowest BCUT2D eigenvalue weighted by Gasteiger charge is -2.29. The Morgan fingerprint density at radius 2 is 1.62 bits per heavy atom. The normalized spacial score (nSPS) is 15.8. The van der Waals surface area contributed by atoms with Crippen molar-refractivity contribution >= 4 is 45.7 Å². The van der Waals surface area contributed by atoms with Gasteiger partial charge in [0.1, 0.15) is 11.2 Å². The molecule has 1 aliphatic rings. The first-order valence-corrected chi connectivity index (χ1v) is 16.6. The van der Waals surface area contributed by atoms with Crippen molar-refractivity contribution in [2.45, 2.75) is 90.4 Å². The van der Waals surface area contributed by atoms with Gasteiger partial charge in [-0.3, -0.25) is 24.1 Å². The summed E-state index contributed by atoms with van der Waals surface area (Å²) >= 11 is 1.49. The number of Topliss-reactive ketones (excluding diaryl/α,β-unsaturated/α-hetero) is 1. The molecule has 0 aliphatic carbocycles. The summed E-state index contributed by atoms with van der Waals surface area (Å²) in [6, 6.07) is 16.1. The topological polar surface area (TPSA) is 119 Å². The Balaban J connectivity index is 1.25. The number of fused-ring (bicyclic) bond motifs is 1. The molecule has 2 aromatic heterocycles. The molecule has 0 bridgehead atoms. The van der Waals surface area contributed by atoms with Gasteiger partial charge in [0.05, 0.1) is 35.4 Å². The second-order valence-corrected chi connectivity index (χ2v) is 14.8. The third kappa shape index (κ3) is 8.85. The van der Waals surface area contributed by atoms with Crippen LogP contribution in [-0.4, -0.2) is 61.8 Å². The Morgan fingerprint density at radius 1 is 0.936 bits per heavy atom. The molecule has 5 rings (SSSR count). The van der Waals surface area contributed by atoms with E-state index in [1.54, 1.807) is 25.7 Å². The van der Waals surface area contributed by atoms with Crippen LogP contribution in [0, 0.1) is 0 Å². The number of amides is 2. The summed E-state index contributed by atoms with van der Waals surface area (Å²) < 4.78 is 12.8. The third-order valence-electron chi connectivity index (χ3n) is 7.57. The number of hydrogen-bond donors (Lipinski definition) is 1. The van der Waals surface area contributed by atoms with Crippen LogP contribution in [0.15, 0.2) is 67.0 Å². The number of carbonyl (C=O) groups excluding carboxylic acids is 4. The Bertz CT molecular complexity index is 1720. The number of esters is 1. The number of nitrogens with zero attached hydrogens (tertiary/aromatic N) is 3. The zero-order valence-electron chi connectivity index (χ0n) is 27.7. The molecule has 1 aliphatic heterocycles. The highest BCUT2D eigenvalue weighted by molar-refractivity contribution is 7.20. The van der Waals surface area contributed by atoms with Crippen molar-refractivity contribution in [1.82, 2.24) is 14.3 Å². The van der Waals surface area contributed by atoms with Crippen LogP contribution < -0.4 is 5.32 Å². The zero-order chi connectivity index (χ0) is 33.9. The van der Waals surface area contributed by atoms with Gasteiger partial charge in [0, 0.05) is 24.6 Å². The number of benzene rings is 2. The smallest absolute Gasteiger partial charge is 0.412 e. The van der Waals surface area contributed by atoms with Crippen LogP contribution >= 0.6 is 11.3 Å². The maximum atomic E-state index is 13.9. The van der Waals surface area contributed by atoms with Gasteiger partial charge in [-0.25, -0.2) is 9.78 Å². The van der Waals surface area contributed by atoms with Crippen LogP contribution in [0.25, 0.3) is 15.4 Å². The first-order chi connectivity index (χ1) is 22.1. The minimum Gasteiger partial charge on any atom is -0.460 e. The number of thiazole rings is 1. The fourth-order valence-corrected chi connectivity index (χ4v) is 6.64. The van der Waals surface area contributed by atoms with Crippen molar-refractivity contribution in [3.63, 3.8) is 0 Å². The number of imidazole rings is 1. The van der Waals surface area contributed by atoms with Crippen LogP contribution in [-0.2, 0) is 30.3 Å². The molecular weight excluding hydrogens is 616 g/mol. The van der Waals surface area contributed by atoms with Gasteiger partial charge in [0.15, 0.2) is 10.7 Å². The zero-order valence-corrected chi connectivity index (χ0v) is 28.6. The molecule has 1 fully saturated rings. The summed E-state index contributed by atoms with van der Waals surface area (Å²) in [6.45, 7) is 11.3. The molecule has 3 heterocycles. The summed E-state index contributed by atoms with van der Waals surface area (Å²) in [6.07, 6.45) is 4.59. The Morgan fingerprint density at radius 3 is 2.26 bits per heavy atom. The number of nitrogens with one attached hydrogen (secondary N) is 1. The van der Waals surface area contributed by atoms with Crippen LogP contribution in [0.1, 0.15) is 78.0 Å². The van der Waals surface area contributed by atoms with Gasteiger partial charge in [-0.2, -0.15) is 0 Å². The number of likely N-dealkylation sites (tertiary alicyclic amines) is 1. The van der Waals surface area contributed by atoms with E-state index in [2.05, 4.69) is 5.32 Å². The van der Waals surface area contributed by atoms with Crippen molar-refractivity contribution < 1.29 is 28.7 Å². The number of hydrogen-bond acceptors (Lipinski definition) is 8. The molecule has 0 saturated carbocycles. The van der Waals surface area contributed by atoms with E-state index in [1.807, 2.05) is 92.2 Å². The highest BCUT2D eigenvalue weighted by Gasteiger charge is 2.39. The highest BCUT2D eigenvalue weighted by atomic mass is 32.1. The maximum absolute atomic E-state index is 13.9. The molecule has 0 spiro atoms. The SMILES string of the molecule is CC(C)(C)OC(=O)C[C@H](C(=O)N1CCCC1C(=O)Cc1cn2cc(-c3ccc(NC(=O)OC(C)(C)C)cc3)sc2n1)c1ccccc1. The molecule has 1 N–H and O–H groups in total. The second-order valence-electron chi connectivity index (χ2n) is 13.8. The molecule has 2 aromatic carbocycles. The Kier molecular flexibility index (Phi) is 9.86. The van der Waals surface area contributed by atoms with Crippen molar-refractivity contribution in [1.29, 1.82) is 0 Å². The molecule has 2 amide bonds. The van der Waals surface area contributed by atoms with E-state index in [4.69, 9.17) is 14.5 Å². The molecule has 1 saturated heterocycles. The first kappa shape index (κ1) is 33.8. The third-order valence-corrected chi connectivity index (χ3v) is 8.62. The molecule has 1 unspecified atom stereocenters. The van der Waals surface area contributed by atoms with Gasteiger partial charge in [0.2, 0.25) is 5.91 Å². The average Bonchev–Trinajstić information content (AvgIpc) is 3.70. The van der Waals surface area contributed by atoms with Gasteiger partial charge in [-0.15, -0.1) is 0 Å². The quantitative estimate of drug-likeness (QED) is 0.192. The van der Waals surface area contributed by atoms with Gasteiger partial charge in [-0.05, 0) is 77.6 Å². The molecular formula is C36H42N4O6S.